The maximum Gasteiger partial charge on any atom is 0.243 e. The Kier molecular flexibility index (Phi) is 3.74. The minimum atomic E-state index is -3.42. The Bertz CT molecular complexity index is 912. The largest absolute Gasteiger partial charge is 0.340 e. The Morgan fingerprint density at radius 1 is 0.875 bits per heavy atom. The first-order valence-electron chi connectivity index (χ1n) is 7.89. The molecule has 0 radical (unpaired) electrons. The summed E-state index contributed by atoms with van der Waals surface area (Å²) in [5.41, 5.74) is 1.92. The number of H-pyrrole nitrogens is 1. The SMILES string of the molecule is O=S(=O)(c1ccccc1)N1CCN(c2nc3ccccc3[nH]2)CC1. The number of nitrogens with zero attached hydrogens (tertiary/aromatic N) is 3. The molecule has 0 atom stereocenters. The molecule has 1 aliphatic rings. The number of piperazine rings is 1. The van der Waals surface area contributed by atoms with Gasteiger partial charge in [0.25, 0.3) is 0 Å². The molecule has 0 aliphatic carbocycles. The van der Waals surface area contributed by atoms with Crippen LogP contribution in [0, 0.1) is 0 Å². The van der Waals surface area contributed by atoms with Crippen LogP contribution >= 0.6 is 0 Å². The highest BCUT2D eigenvalue weighted by molar-refractivity contribution is 7.89. The van der Waals surface area contributed by atoms with E-state index in [1.54, 1.807) is 28.6 Å². The summed E-state index contributed by atoms with van der Waals surface area (Å²) in [4.78, 5) is 10.3. The summed E-state index contributed by atoms with van der Waals surface area (Å²) in [6, 6.07) is 16.5. The quantitative estimate of drug-likeness (QED) is 0.791. The number of sulfonamides is 1. The first kappa shape index (κ1) is 15.2. The highest BCUT2D eigenvalue weighted by atomic mass is 32.2. The molecule has 7 heteroatoms. The molecule has 1 aliphatic heterocycles. The average molecular weight is 342 g/mol. The maximum absolute atomic E-state index is 12.7. The molecular formula is C17H18N4O2S. The zero-order valence-corrected chi connectivity index (χ0v) is 13.9. The Hall–Kier alpha value is -2.38. The first-order chi connectivity index (χ1) is 11.6. The van der Waals surface area contributed by atoms with Crippen molar-refractivity contribution in [3.63, 3.8) is 0 Å². The molecule has 1 saturated heterocycles. The van der Waals surface area contributed by atoms with Crippen LogP contribution in [-0.4, -0.2) is 48.9 Å². The van der Waals surface area contributed by atoms with Gasteiger partial charge < -0.3 is 9.88 Å². The topological polar surface area (TPSA) is 69.3 Å². The Labute approximate surface area is 140 Å². The Morgan fingerprint density at radius 3 is 2.25 bits per heavy atom. The van der Waals surface area contributed by atoms with Crippen LogP contribution in [0.25, 0.3) is 11.0 Å². The molecule has 3 aromatic rings. The van der Waals surface area contributed by atoms with Gasteiger partial charge in [-0.1, -0.05) is 30.3 Å². The van der Waals surface area contributed by atoms with E-state index < -0.39 is 10.0 Å². The second kappa shape index (κ2) is 5.92. The fraction of sp³-hybridized carbons (Fsp3) is 0.235. The van der Waals surface area contributed by atoms with Crippen LogP contribution in [-0.2, 0) is 10.0 Å². The lowest BCUT2D eigenvalue weighted by Crippen LogP contribution is -2.49. The van der Waals surface area contributed by atoms with Crippen molar-refractivity contribution in [2.24, 2.45) is 0 Å². The smallest absolute Gasteiger partial charge is 0.243 e. The monoisotopic (exact) mass is 342 g/mol. The van der Waals surface area contributed by atoms with Gasteiger partial charge in [0.05, 0.1) is 15.9 Å². The standard InChI is InChI=1S/C17H18N4O2S/c22-24(23,14-6-2-1-3-7-14)21-12-10-20(11-13-21)17-18-15-8-4-5-9-16(15)19-17/h1-9H,10-13H2,(H,18,19). The van der Waals surface area contributed by atoms with Crippen molar-refractivity contribution in [2.75, 3.05) is 31.1 Å². The fourth-order valence-electron chi connectivity index (χ4n) is 2.97. The minimum absolute atomic E-state index is 0.349. The van der Waals surface area contributed by atoms with Crippen LogP contribution in [0.15, 0.2) is 59.5 Å². The number of aromatic amines is 1. The first-order valence-corrected chi connectivity index (χ1v) is 9.33. The van der Waals surface area contributed by atoms with Gasteiger partial charge in [0.15, 0.2) is 0 Å². The van der Waals surface area contributed by atoms with E-state index in [9.17, 15) is 8.42 Å². The van der Waals surface area contributed by atoms with Gasteiger partial charge in [-0.15, -0.1) is 0 Å². The lowest BCUT2D eigenvalue weighted by molar-refractivity contribution is 0.383. The lowest BCUT2D eigenvalue weighted by atomic mass is 10.3. The summed E-state index contributed by atoms with van der Waals surface area (Å²) in [5, 5.41) is 0. The van der Waals surface area contributed by atoms with Gasteiger partial charge in [-0.25, -0.2) is 13.4 Å². The zero-order valence-electron chi connectivity index (χ0n) is 13.1. The van der Waals surface area contributed by atoms with Crippen molar-refractivity contribution in [3.8, 4) is 0 Å². The Balaban J connectivity index is 1.50. The van der Waals surface area contributed by atoms with Crippen LogP contribution < -0.4 is 4.90 Å². The number of aromatic nitrogens is 2. The van der Waals surface area contributed by atoms with E-state index in [1.165, 1.54) is 0 Å². The van der Waals surface area contributed by atoms with Crippen LogP contribution in [0.1, 0.15) is 0 Å². The van der Waals surface area contributed by atoms with E-state index in [-0.39, 0.29) is 0 Å². The second-order valence-corrected chi connectivity index (χ2v) is 7.72. The predicted molar refractivity (Wildman–Crippen MR) is 93.5 cm³/mol. The number of para-hydroxylation sites is 2. The van der Waals surface area contributed by atoms with Crippen LogP contribution in [0.2, 0.25) is 0 Å². The molecule has 6 nitrogen and oxygen atoms in total. The van der Waals surface area contributed by atoms with E-state index in [2.05, 4.69) is 14.9 Å². The molecule has 2 heterocycles. The molecule has 24 heavy (non-hydrogen) atoms. The molecule has 1 N–H and O–H groups in total. The van der Waals surface area contributed by atoms with Gasteiger partial charge in [-0.05, 0) is 24.3 Å². The number of nitrogens with one attached hydrogen (secondary N) is 1. The summed E-state index contributed by atoms with van der Waals surface area (Å²) in [6.07, 6.45) is 0. The van der Waals surface area contributed by atoms with Crippen molar-refractivity contribution < 1.29 is 8.42 Å². The molecule has 0 saturated carbocycles. The van der Waals surface area contributed by atoms with Gasteiger partial charge >= 0.3 is 0 Å². The van der Waals surface area contributed by atoms with Gasteiger partial charge in [0, 0.05) is 26.2 Å². The number of anilines is 1. The van der Waals surface area contributed by atoms with E-state index in [0.29, 0.717) is 31.1 Å². The fourth-order valence-corrected chi connectivity index (χ4v) is 4.41. The summed E-state index contributed by atoms with van der Waals surface area (Å²) < 4.78 is 26.9. The van der Waals surface area contributed by atoms with Crippen LogP contribution in [0.3, 0.4) is 0 Å². The third kappa shape index (κ3) is 2.65. The molecule has 0 spiro atoms. The van der Waals surface area contributed by atoms with Crippen molar-refractivity contribution in [2.45, 2.75) is 4.90 Å². The van der Waals surface area contributed by atoms with Crippen LogP contribution in [0.5, 0.6) is 0 Å². The van der Waals surface area contributed by atoms with Crippen molar-refractivity contribution in [1.29, 1.82) is 0 Å². The molecular weight excluding hydrogens is 324 g/mol. The molecule has 124 valence electrons. The van der Waals surface area contributed by atoms with Gasteiger partial charge in [0.1, 0.15) is 0 Å². The summed E-state index contributed by atoms with van der Waals surface area (Å²) in [6.45, 7) is 2.14. The Morgan fingerprint density at radius 2 is 1.54 bits per heavy atom. The average Bonchev–Trinajstić information content (AvgIpc) is 3.07. The zero-order chi connectivity index (χ0) is 16.6. The predicted octanol–water partition coefficient (Wildman–Crippen LogP) is 2.07. The second-order valence-electron chi connectivity index (χ2n) is 5.78. The van der Waals surface area contributed by atoms with E-state index in [1.807, 2.05) is 30.3 Å². The number of hydrogen-bond acceptors (Lipinski definition) is 4. The highest BCUT2D eigenvalue weighted by Crippen LogP contribution is 2.21. The lowest BCUT2D eigenvalue weighted by Gasteiger charge is -2.33. The number of imidazole rings is 1. The molecule has 1 aromatic heterocycles. The third-order valence-corrected chi connectivity index (χ3v) is 6.21. The summed E-state index contributed by atoms with van der Waals surface area (Å²) >= 11 is 0. The molecule has 1 fully saturated rings. The molecule has 0 amide bonds. The molecule has 0 unspecified atom stereocenters. The van der Waals surface area contributed by atoms with Gasteiger partial charge in [-0.3, -0.25) is 0 Å². The van der Waals surface area contributed by atoms with Crippen molar-refractivity contribution in [3.05, 3.63) is 54.6 Å². The molecule has 2 aromatic carbocycles. The van der Waals surface area contributed by atoms with E-state index in [4.69, 9.17) is 0 Å². The number of hydrogen-bond donors (Lipinski definition) is 1. The normalized spacial score (nSPS) is 16.6. The van der Waals surface area contributed by atoms with Crippen molar-refractivity contribution >= 4 is 27.0 Å². The summed E-state index contributed by atoms with van der Waals surface area (Å²) in [5.74, 6) is 0.799. The van der Waals surface area contributed by atoms with Crippen molar-refractivity contribution in [1.82, 2.24) is 14.3 Å². The van der Waals surface area contributed by atoms with Crippen LogP contribution in [0.4, 0.5) is 5.95 Å². The third-order valence-electron chi connectivity index (χ3n) is 4.30. The van der Waals surface area contributed by atoms with Gasteiger partial charge in [0.2, 0.25) is 16.0 Å². The number of benzene rings is 2. The maximum atomic E-state index is 12.7. The highest BCUT2D eigenvalue weighted by Gasteiger charge is 2.29. The minimum Gasteiger partial charge on any atom is -0.340 e. The van der Waals surface area contributed by atoms with Gasteiger partial charge in [-0.2, -0.15) is 4.31 Å². The molecule has 4 rings (SSSR count). The number of rotatable bonds is 3. The number of fused-ring (bicyclic) bond motifs is 1. The van der Waals surface area contributed by atoms with E-state index in [0.717, 1.165) is 17.0 Å². The summed E-state index contributed by atoms with van der Waals surface area (Å²) in [7, 11) is -3.42. The van der Waals surface area contributed by atoms with E-state index >= 15 is 0 Å². The molecule has 0 bridgehead atoms.